The van der Waals surface area contributed by atoms with E-state index in [-0.39, 0.29) is 0 Å². The first-order chi connectivity index (χ1) is 8.38. The lowest BCUT2D eigenvalue weighted by Crippen LogP contribution is -2.62. The van der Waals surface area contributed by atoms with E-state index in [4.69, 9.17) is 0 Å². The highest BCUT2D eigenvalue weighted by molar-refractivity contribution is 5.41. The first kappa shape index (κ1) is 9.89. The molecule has 1 aromatic rings. The van der Waals surface area contributed by atoms with Crippen LogP contribution in [0.2, 0.25) is 0 Å². The third kappa shape index (κ3) is 1.64. The second-order valence-electron chi connectivity index (χ2n) is 5.99. The van der Waals surface area contributed by atoms with Gasteiger partial charge in [0.2, 0.25) is 0 Å². The van der Waals surface area contributed by atoms with Crippen molar-refractivity contribution in [2.75, 3.05) is 25.0 Å². The Morgan fingerprint density at radius 3 is 2.65 bits per heavy atom. The van der Waals surface area contributed by atoms with Gasteiger partial charge in [-0.25, -0.2) is 0 Å². The van der Waals surface area contributed by atoms with Crippen molar-refractivity contribution in [3.05, 3.63) is 24.5 Å². The van der Waals surface area contributed by atoms with Gasteiger partial charge < -0.3 is 10.2 Å². The molecule has 3 heteroatoms. The lowest BCUT2D eigenvalue weighted by atomic mass is 9.65. The monoisotopic (exact) mass is 229 g/mol. The van der Waals surface area contributed by atoms with Gasteiger partial charge in [0.1, 0.15) is 0 Å². The van der Waals surface area contributed by atoms with E-state index in [1.54, 1.807) is 0 Å². The summed E-state index contributed by atoms with van der Waals surface area (Å²) < 4.78 is 0. The first-order valence-corrected chi connectivity index (χ1v) is 6.77. The number of piperidine rings is 3. The summed E-state index contributed by atoms with van der Waals surface area (Å²) in [4.78, 5) is 6.87. The topological polar surface area (TPSA) is 28.2 Å². The van der Waals surface area contributed by atoms with Crippen LogP contribution in [-0.2, 0) is 0 Å². The van der Waals surface area contributed by atoms with Gasteiger partial charge in [-0.3, -0.25) is 4.98 Å². The molecular formula is C14H19N3. The Hall–Kier alpha value is -1.09. The maximum atomic E-state index is 4.19. The molecule has 4 aliphatic rings. The molecule has 1 aromatic heterocycles. The largest absolute Gasteiger partial charge is 0.380 e. The lowest BCUT2D eigenvalue weighted by molar-refractivity contribution is -0.0269. The van der Waals surface area contributed by atoms with Crippen molar-refractivity contribution in [2.45, 2.75) is 18.9 Å². The fourth-order valence-corrected chi connectivity index (χ4v) is 4.28. The van der Waals surface area contributed by atoms with Crippen LogP contribution in [0.15, 0.2) is 24.5 Å². The molecule has 0 spiro atoms. The minimum atomic E-state index is 0.687. The van der Waals surface area contributed by atoms with Crippen LogP contribution in [-0.4, -0.2) is 35.6 Å². The smallest absolute Gasteiger partial charge is 0.0529 e. The van der Waals surface area contributed by atoms with Gasteiger partial charge in [0.25, 0.3) is 0 Å². The average molecular weight is 229 g/mol. The number of aromatic nitrogens is 1. The lowest BCUT2D eigenvalue weighted by Gasteiger charge is -2.56. The third-order valence-corrected chi connectivity index (χ3v) is 4.78. The number of nitrogens with one attached hydrogen (secondary N) is 1. The molecule has 3 saturated heterocycles. The molecule has 0 aromatic carbocycles. The van der Waals surface area contributed by atoms with Crippen LogP contribution < -0.4 is 5.32 Å². The number of anilines is 1. The van der Waals surface area contributed by atoms with Crippen LogP contribution in [0.5, 0.6) is 0 Å². The predicted molar refractivity (Wildman–Crippen MR) is 67.8 cm³/mol. The molecule has 0 amide bonds. The zero-order valence-corrected chi connectivity index (χ0v) is 10.0. The molecule has 90 valence electrons. The van der Waals surface area contributed by atoms with Gasteiger partial charge in [0, 0.05) is 38.1 Å². The van der Waals surface area contributed by atoms with Crippen molar-refractivity contribution in [3.63, 3.8) is 0 Å². The molecule has 1 N–H and O–H groups in total. The van der Waals surface area contributed by atoms with Crippen LogP contribution in [0.3, 0.4) is 0 Å². The van der Waals surface area contributed by atoms with Crippen molar-refractivity contribution < 1.29 is 0 Å². The van der Waals surface area contributed by atoms with Gasteiger partial charge in [-0.2, -0.15) is 0 Å². The minimum absolute atomic E-state index is 0.687. The maximum Gasteiger partial charge on any atom is 0.0529 e. The van der Waals surface area contributed by atoms with Gasteiger partial charge >= 0.3 is 0 Å². The highest BCUT2D eigenvalue weighted by Crippen LogP contribution is 2.44. The van der Waals surface area contributed by atoms with E-state index in [2.05, 4.69) is 21.3 Å². The van der Waals surface area contributed by atoms with Gasteiger partial charge in [0.05, 0.1) is 5.69 Å². The Kier molecular flexibility index (Phi) is 2.15. The molecule has 17 heavy (non-hydrogen) atoms. The Morgan fingerprint density at radius 2 is 2.00 bits per heavy atom. The van der Waals surface area contributed by atoms with E-state index in [0.29, 0.717) is 6.04 Å². The molecule has 2 atom stereocenters. The van der Waals surface area contributed by atoms with Crippen molar-refractivity contribution in [3.8, 4) is 0 Å². The maximum absolute atomic E-state index is 4.19. The third-order valence-electron chi connectivity index (χ3n) is 4.78. The summed E-state index contributed by atoms with van der Waals surface area (Å²) in [6, 6.07) is 4.84. The fourth-order valence-electron chi connectivity index (χ4n) is 4.28. The van der Waals surface area contributed by atoms with E-state index in [1.807, 2.05) is 18.5 Å². The molecule has 4 bridgehead atoms. The summed E-state index contributed by atoms with van der Waals surface area (Å²) in [6.07, 6.45) is 6.66. The normalized spacial score (nSPS) is 42.7. The SMILES string of the molecule is c1cncc(NC2C3CC4CC2CN(C4)C3)c1. The van der Waals surface area contributed by atoms with Crippen molar-refractivity contribution in [2.24, 2.45) is 17.8 Å². The Labute approximate surface area is 102 Å². The Bertz CT molecular complexity index is 375. The van der Waals surface area contributed by atoms with Crippen LogP contribution in [0.4, 0.5) is 5.69 Å². The van der Waals surface area contributed by atoms with E-state index >= 15 is 0 Å². The molecule has 3 aliphatic heterocycles. The summed E-state index contributed by atoms with van der Waals surface area (Å²) in [5.74, 6) is 2.71. The second kappa shape index (κ2) is 3.70. The Balaban J connectivity index is 1.55. The van der Waals surface area contributed by atoms with Crippen LogP contribution in [0.25, 0.3) is 0 Å². The molecule has 4 fully saturated rings. The Morgan fingerprint density at radius 1 is 1.18 bits per heavy atom. The highest BCUT2D eigenvalue weighted by Gasteiger charge is 2.47. The van der Waals surface area contributed by atoms with E-state index in [1.165, 1.54) is 38.2 Å². The van der Waals surface area contributed by atoms with Gasteiger partial charge in [0.15, 0.2) is 0 Å². The van der Waals surface area contributed by atoms with Gasteiger partial charge in [-0.05, 0) is 42.7 Å². The molecule has 1 saturated carbocycles. The quantitative estimate of drug-likeness (QED) is 0.838. The summed E-state index contributed by atoms with van der Waals surface area (Å²) >= 11 is 0. The molecule has 3 nitrogen and oxygen atoms in total. The van der Waals surface area contributed by atoms with Gasteiger partial charge in [-0.15, -0.1) is 0 Å². The fraction of sp³-hybridized carbons (Fsp3) is 0.643. The van der Waals surface area contributed by atoms with Crippen LogP contribution >= 0.6 is 0 Å². The number of nitrogens with zero attached hydrogens (tertiary/aromatic N) is 2. The first-order valence-electron chi connectivity index (χ1n) is 6.77. The van der Waals surface area contributed by atoms with E-state index in [0.717, 1.165) is 17.8 Å². The number of rotatable bonds is 2. The summed E-state index contributed by atoms with van der Waals surface area (Å²) in [7, 11) is 0. The summed E-state index contributed by atoms with van der Waals surface area (Å²) in [6.45, 7) is 3.99. The zero-order valence-electron chi connectivity index (χ0n) is 10.0. The van der Waals surface area contributed by atoms with Gasteiger partial charge in [-0.1, -0.05) is 0 Å². The molecule has 5 rings (SSSR count). The molecule has 2 unspecified atom stereocenters. The van der Waals surface area contributed by atoms with Crippen molar-refractivity contribution in [1.82, 2.24) is 9.88 Å². The minimum Gasteiger partial charge on any atom is -0.380 e. The second-order valence-corrected chi connectivity index (χ2v) is 5.99. The summed E-state index contributed by atoms with van der Waals surface area (Å²) in [5, 5.41) is 3.73. The summed E-state index contributed by atoms with van der Waals surface area (Å²) in [5.41, 5.74) is 1.19. The molecular weight excluding hydrogens is 210 g/mol. The van der Waals surface area contributed by atoms with E-state index < -0.39 is 0 Å². The number of pyridine rings is 1. The highest BCUT2D eigenvalue weighted by atomic mass is 15.2. The predicted octanol–water partition coefficient (Wildman–Crippen LogP) is 1.83. The molecule has 1 aliphatic carbocycles. The number of hydrogen-bond acceptors (Lipinski definition) is 3. The molecule has 0 radical (unpaired) electrons. The van der Waals surface area contributed by atoms with E-state index in [9.17, 15) is 0 Å². The van der Waals surface area contributed by atoms with Crippen molar-refractivity contribution in [1.29, 1.82) is 0 Å². The molecule has 4 heterocycles. The zero-order chi connectivity index (χ0) is 11.2. The average Bonchev–Trinajstić information content (AvgIpc) is 2.34. The standard InChI is InChI=1S/C14H19N3/c1-2-13(6-15-3-1)16-14-11-4-10-5-12(14)9-17(7-10)8-11/h1-3,6,10-12,14,16H,4-5,7-9H2. The van der Waals surface area contributed by atoms with Crippen molar-refractivity contribution >= 4 is 5.69 Å². The van der Waals surface area contributed by atoms with Crippen LogP contribution in [0, 0.1) is 17.8 Å². The number of hydrogen-bond donors (Lipinski definition) is 1. The van der Waals surface area contributed by atoms with Crippen LogP contribution in [0.1, 0.15) is 12.8 Å².